The Labute approximate surface area is 76.6 Å². The summed E-state index contributed by atoms with van der Waals surface area (Å²) < 4.78 is 8.72. The van der Waals surface area contributed by atoms with Crippen LogP contribution in [-0.4, -0.2) is 18.7 Å². The van der Waals surface area contributed by atoms with Crippen molar-refractivity contribution in [3.05, 3.63) is 0 Å². The van der Waals surface area contributed by atoms with Gasteiger partial charge in [0.25, 0.3) is 0 Å². The third-order valence-electron chi connectivity index (χ3n) is 1.36. The lowest BCUT2D eigenvalue weighted by atomic mass is 10.4. The van der Waals surface area contributed by atoms with Crippen LogP contribution in [0.1, 0.15) is 19.8 Å². The number of ether oxygens (including phenoxy) is 2. The summed E-state index contributed by atoms with van der Waals surface area (Å²) in [5.74, 6) is -0.511. The largest absolute Gasteiger partial charge is 0.516 e. The van der Waals surface area contributed by atoms with Crippen LogP contribution in [0, 0.1) is 5.92 Å². The van der Waals surface area contributed by atoms with E-state index < -0.39 is 12.1 Å². The Morgan fingerprint density at radius 1 is 1.42 bits per heavy atom. The van der Waals surface area contributed by atoms with Gasteiger partial charge in [-0.15, -0.1) is 12.4 Å². The summed E-state index contributed by atoms with van der Waals surface area (Å²) in [4.78, 5) is 21.3. The molecule has 0 radical (unpaired) electrons. The lowest BCUT2D eigenvalue weighted by Crippen LogP contribution is -2.14. The van der Waals surface area contributed by atoms with Crippen LogP contribution in [-0.2, 0) is 14.3 Å². The minimum Gasteiger partial charge on any atom is -0.434 e. The molecule has 0 unspecified atom stereocenters. The summed E-state index contributed by atoms with van der Waals surface area (Å²) in [6.45, 7) is 1.89. The number of esters is 1. The van der Waals surface area contributed by atoms with Gasteiger partial charge < -0.3 is 9.47 Å². The first-order chi connectivity index (χ1) is 5.24. The van der Waals surface area contributed by atoms with E-state index in [9.17, 15) is 9.59 Å². The van der Waals surface area contributed by atoms with Gasteiger partial charge in [0.1, 0.15) is 0 Å². The van der Waals surface area contributed by atoms with E-state index in [4.69, 9.17) is 0 Å². The quantitative estimate of drug-likeness (QED) is 0.494. The number of hydrogen-bond donors (Lipinski definition) is 0. The molecule has 0 saturated heterocycles. The predicted molar refractivity (Wildman–Crippen MR) is 43.1 cm³/mol. The average Bonchev–Trinajstić information content (AvgIpc) is 2.67. The van der Waals surface area contributed by atoms with E-state index in [2.05, 4.69) is 9.47 Å². The van der Waals surface area contributed by atoms with Crippen LogP contribution in [0.3, 0.4) is 0 Å². The molecule has 0 amide bonds. The molecule has 1 rings (SSSR count). The second-order valence-corrected chi connectivity index (χ2v) is 2.38. The van der Waals surface area contributed by atoms with E-state index >= 15 is 0 Å². The van der Waals surface area contributed by atoms with Crippen LogP contribution in [0.15, 0.2) is 0 Å². The maximum absolute atomic E-state index is 10.8. The van der Waals surface area contributed by atoms with E-state index in [0.717, 1.165) is 12.8 Å². The third kappa shape index (κ3) is 3.57. The Hall–Kier alpha value is -0.770. The van der Waals surface area contributed by atoms with Crippen molar-refractivity contribution in [2.75, 3.05) is 6.61 Å². The standard InChI is InChI=1S/C7H10O4.ClH/c1-2-10-7(9)11-6(8)5-3-4-5;/h5H,2-4H2,1H3;1H. The van der Waals surface area contributed by atoms with Crippen molar-refractivity contribution in [3.63, 3.8) is 0 Å². The average molecular weight is 195 g/mol. The Morgan fingerprint density at radius 3 is 2.42 bits per heavy atom. The fourth-order valence-corrected chi connectivity index (χ4v) is 0.632. The first-order valence-electron chi connectivity index (χ1n) is 3.62. The molecule has 0 heterocycles. The van der Waals surface area contributed by atoms with Gasteiger partial charge in [0.2, 0.25) is 0 Å². The highest BCUT2D eigenvalue weighted by Gasteiger charge is 2.33. The monoisotopic (exact) mass is 194 g/mol. The molecule has 0 aromatic heterocycles. The Kier molecular flexibility index (Phi) is 4.66. The summed E-state index contributed by atoms with van der Waals surface area (Å²) in [7, 11) is 0. The van der Waals surface area contributed by atoms with E-state index in [1.165, 1.54) is 0 Å². The zero-order valence-electron chi connectivity index (χ0n) is 6.74. The zero-order valence-corrected chi connectivity index (χ0v) is 7.56. The van der Waals surface area contributed by atoms with Crippen molar-refractivity contribution >= 4 is 24.5 Å². The van der Waals surface area contributed by atoms with Gasteiger partial charge in [-0.2, -0.15) is 0 Å². The van der Waals surface area contributed by atoms with E-state index in [1.54, 1.807) is 6.92 Å². The maximum atomic E-state index is 10.8. The molecule has 70 valence electrons. The summed E-state index contributed by atoms with van der Waals surface area (Å²) in [5.41, 5.74) is 0. The summed E-state index contributed by atoms with van der Waals surface area (Å²) >= 11 is 0. The topological polar surface area (TPSA) is 52.6 Å². The third-order valence-corrected chi connectivity index (χ3v) is 1.36. The number of hydrogen-bond acceptors (Lipinski definition) is 4. The molecule has 1 aliphatic rings. The molecule has 1 saturated carbocycles. The highest BCUT2D eigenvalue weighted by Crippen LogP contribution is 2.30. The van der Waals surface area contributed by atoms with Gasteiger partial charge in [-0.05, 0) is 19.8 Å². The molecule has 0 aromatic carbocycles. The number of carbonyl (C=O) groups excluding carboxylic acids is 2. The summed E-state index contributed by atoms with van der Waals surface area (Å²) in [6, 6.07) is 0. The van der Waals surface area contributed by atoms with Crippen LogP contribution < -0.4 is 0 Å². The maximum Gasteiger partial charge on any atom is 0.516 e. The molecular formula is C7H11ClO4. The zero-order chi connectivity index (χ0) is 8.27. The van der Waals surface area contributed by atoms with Crippen molar-refractivity contribution in [1.29, 1.82) is 0 Å². The van der Waals surface area contributed by atoms with Gasteiger partial charge in [-0.3, -0.25) is 4.79 Å². The smallest absolute Gasteiger partial charge is 0.434 e. The van der Waals surface area contributed by atoms with Gasteiger partial charge >= 0.3 is 12.1 Å². The molecule has 5 heteroatoms. The molecule has 4 nitrogen and oxygen atoms in total. The molecule has 0 N–H and O–H groups in total. The lowest BCUT2D eigenvalue weighted by Gasteiger charge is -1.99. The summed E-state index contributed by atoms with van der Waals surface area (Å²) in [5, 5.41) is 0. The molecule has 12 heavy (non-hydrogen) atoms. The molecule has 1 fully saturated rings. The van der Waals surface area contributed by atoms with Gasteiger partial charge in [0, 0.05) is 0 Å². The van der Waals surface area contributed by atoms with Crippen LogP contribution in [0.4, 0.5) is 4.79 Å². The fraction of sp³-hybridized carbons (Fsp3) is 0.714. The Morgan fingerprint density at radius 2 is 2.00 bits per heavy atom. The predicted octanol–water partition coefficient (Wildman–Crippen LogP) is 1.52. The minimum atomic E-state index is -0.885. The van der Waals surface area contributed by atoms with E-state index in [-0.39, 0.29) is 24.9 Å². The van der Waals surface area contributed by atoms with Gasteiger partial charge in [-0.1, -0.05) is 0 Å². The van der Waals surface area contributed by atoms with E-state index in [0.29, 0.717) is 0 Å². The number of rotatable bonds is 2. The Balaban J connectivity index is 0.00000121. The normalized spacial score (nSPS) is 14.4. The Bertz CT molecular complexity index is 176. The van der Waals surface area contributed by atoms with Crippen molar-refractivity contribution in [2.24, 2.45) is 5.92 Å². The van der Waals surface area contributed by atoms with Crippen molar-refractivity contribution in [3.8, 4) is 0 Å². The van der Waals surface area contributed by atoms with E-state index in [1.807, 2.05) is 0 Å². The van der Waals surface area contributed by atoms with Crippen molar-refractivity contribution in [1.82, 2.24) is 0 Å². The van der Waals surface area contributed by atoms with Crippen molar-refractivity contribution in [2.45, 2.75) is 19.8 Å². The van der Waals surface area contributed by atoms with Gasteiger partial charge in [0.05, 0.1) is 12.5 Å². The van der Waals surface area contributed by atoms with Crippen LogP contribution >= 0.6 is 12.4 Å². The molecule has 0 atom stereocenters. The molecule has 0 aliphatic heterocycles. The second kappa shape index (κ2) is 4.98. The molecule has 1 aliphatic carbocycles. The van der Waals surface area contributed by atoms with Gasteiger partial charge in [0.15, 0.2) is 0 Å². The molecular weight excluding hydrogens is 184 g/mol. The number of halogens is 1. The highest BCUT2D eigenvalue weighted by atomic mass is 35.5. The fourth-order valence-electron chi connectivity index (χ4n) is 0.632. The second-order valence-electron chi connectivity index (χ2n) is 2.38. The number of carbonyl (C=O) groups is 2. The first kappa shape index (κ1) is 11.2. The van der Waals surface area contributed by atoms with Crippen LogP contribution in [0.25, 0.3) is 0 Å². The van der Waals surface area contributed by atoms with Crippen molar-refractivity contribution < 1.29 is 19.1 Å². The lowest BCUT2D eigenvalue weighted by molar-refractivity contribution is -0.141. The molecule has 0 aromatic rings. The van der Waals surface area contributed by atoms with Crippen LogP contribution in [0.5, 0.6) is 0 Å². The minimum absolute atomic E-state index is 0. The van der Waals surface area contributed by atoms with Crippen LogP contribution in [0.2, 0.25) is 0 Å². The van der Waals surface area contributed by atoms with Gasteiger partial charge in [-0.25, -0.2) is 4.79 Å². The first-order valence-corrected chi connectivity index (χ1v) is 3.62. The SMILES string of the molecule is CCOC(=O)OC(=O)C1CC1.Cl. The summed E-state index contributed by atoms with van der Waals surface area (Å²) in [6.07, 6.45) is 0.778. The highest BCUT2D eigenvalue weighted by molar-refractivity contribution is 5.85. The molecule has 0 bridgehead atoms. The molecule has 0 spiro atoms.